The fourth-order valence-electron chi connectivity index (χ4n) is 4.01. The number of anilines is 1. The number of hydrogen-bond donors (Lipinski definition) is 0. The minimum absolute atomic E-state index is 0.000684. The maximum Gasteiger partial charge on any atom is 0.269 e. The molecule has 4 rings (SSSR count). The minimum atomic E-state index is -0.425. The quantitative estimate of drug-likeness (QED) is 0.373. The highest BCUT2D eigenvalue weighted by atomic mass is 16.6. The fraction of sp³-hybridized carbons (Fsp3) is 0.269. The van der Waals surface area contributed by atoms with Crippen molar-refractivity contribution in [2.24, 2.45) is 0 Å². The Hall–Kier alpha value is -4.07. The topological polar surface area (TPSA) is 85.2 Å². The molecular weight excluding hydrogens is 434 g/mol. The van der Waals surface area contributed by atoms with Crippen LogP contribution in [0.2, 0.25) is 0 Å². The van der Waals surface area contributed by atoms with Crippen LogP contribution in [0, 0.1) is 10.1 Å². The van der Waals surface area contributed by atoms with Crippen LogP contribution < -0.4 is 14.4 Å². The summed E-state index contributed by atoms with van der Waals surface area (Å²) in [6, 6.07) is 22.0. The van der Waals surface area contributed by atoms with E-state index < -0.39 is 4.92 Å². The molecule has 1 aliphatic heterocycles. The summed E-state index contributed by atoms with van der Waals surface area (Å²) in [6.07, 6.45) is 0.479. The third-order valence-corrected chi connectivity index (χ3v) is 5.91. The molecular formula is C26H27N3O5. The number of carbonyl (C=O) groups excluding carboxylic acids is 1. The first-order valence-electron chi connectivity index (χ1n) is 11.1. The first-order chi connectivity index (χ1) is 16.5. The number of benzene rings is 3. The molecule has 8 nitrogen and oxygen atoms in total. The van der Waals surface area contributed by atoms with Gasteiger partial charge in [-0.05, 0) is 35.9 Å². The molecule has 0 atom stereocenters. The van der Waals surface area contributed by atoms with Gasteiger partial charge in [0.05, 0.1) is 12.0 Å². The summed E-state index contributed by atoms with van der Waals surface area (Å²) < 4.78 is 11.1. The molecule has 0 spiro atoms. The summed E-state index contributed by atoms with van der Waals surface area (Å²) >= 11 is 0. The number of carbonyl (C=O) groups is 1. The van der Waals surface area contributed by atoms with E-state index in [2.05, 4.69) is 4.90 Å². The molecule has 1 fully saturated rings. The van der Waals surface area contributed by atoms with E-state index in [1.807, 2.05) is 54.6 Å². The molecule has 34 heavy (non-hydrogen) atoms. The molecule has 0 unspecified atom stereocenters. The standard InChI is InChI=1S/C26H27N3O5/c1-33-24-10-7-22(8-11-24)27-13-15-28(16-14-27)26(30)19-34-25-12-9-23(29(31)32)18-21(25)17-20-5-3-2-4-6-20/h2-12,18H,13-17,19H2,1H3. The lowest BCUT2D eigenvalue weighted by Gasteiger charge is -2.36. The average molecular weight is 462 g/mol. The Morgan fingerprint density at radius 2 is 1.68 bits per heavy atom. The van der Waals surface area contributed by atoms with Crippen molar-refractivity contribution in [2.45, 2.75) is 6.42 Å². The number of nitro groups is 1. The first kappa shape index (κ1) is 23.1. The Morgan fingerprint density at radius 3 is 2.32 bits per heavy atom. The van der Waals surface area contributed by atoms with E-state index in [9.17, 15) is 14.9 Å². The van der Waals surface area contributed by atoms with Crippen molar-refractivity contribution in [1.82, 2.24) is 4.90 Å². The molecule has 8 heteroatoms. The number of non-ortho nitro benzene ring substituents is 1. The van der Waals surface area contributed by atoms with Crippen LogP contribution in [0.25, 0.3) is 0 Å². The van der Waals surface area contributed by atoms with Gasteiger partial charge in [-0.3, -0.25) is 14.9 Å². The molecule has 1 amide bonds. The highest BCUT2D eigenvalue weighted by molar-refractivity contribution is 5.78. The normalized spacial score (nSPS) is 13.4. The summed E-state index contributed by atoms with van der Waals surface area (Å²) in [5.74, 6) is 1.20. The zero-order valence-electron chi connectivity index (χ0n) is 19.1. The van der Waals surface area contributed by atoms with Gasteiger partial charge in [-0.15, -0.1) is 0 Å². The molecule has 0 N–H and O–H groups in total. The van der Waals surface area contributed by atoms with Crippen LogP contribution in [0.15, 0.2) is 72.8 Å². The number of piperazine rings is 1. The summed E-state index contributed by atoms with van der Waals surface area (Å²) in [4.78, 5) is 27.6. The Morgan fingerprint density at radius 1 is 0.971 bits per heavy atom. The Bertz CT molecular complexity index is 1130. The first-order valence-corrected chi connectivity index (χ1v) is 11.1. The second-order valence-corrected chi connectivity index (χ2v) is 8.07. The average Bonchev–Trinajstić information content (AvgIpc) is 2.88. The summed E-state index contributed by atoms with van der Waals surface area (Å²) in [7, 11) is 1.64. The lowest BCUT2D eigenvalue weighted by molar-refractivity contribution is -0.384. The highest BCUT2D eigenvalue weighted by Gasteiger charge is 2.22. The molecule has 0 saturated carbocycles. The number of ether oxygens (including phenoxy) is 2. The number of rotatable bonds is 8. The van der Waals surface area contributed by atoms with Crippen LogP contribution in [-0.4, -0.2) is 55.6 Å². The number of amides is 1. The summed E-state index contributed by atoms with van der Waals surface area (Å²) in [6.45, 7) is 2.56. The van der Waals surface area contributed by atoms with Crippen LogP contribution in [-0.2, 0) is 11.2 Å². The maximum atomic E-state index is 12.8. The Labute approximate surface area is 198 Å². The smallest absolute Gasteiger partial charge is 0.269 e. The molecule has 1 aliphatic rings. The van der Waals surface area contributed by atoms with Crippen LogP contribution in [0.3, 0.4) is 0 Å². The predicted molar refractivity (Wildman–Crippen MR) is 130 cm³/mol. The highest BCUT2D eigenvalue weighted by Crippen LogP contribution is 2.27. The number of nitro benzene ring substituents is 1. The Kier molecular flexibility index (Phi) is 7.27. The lowest BCUT2D eigenvalue weighted by Crippen LogP contribution is -2.50. The Balaban J connectivity index is 1.36. The zero-order chi connectivity index (χ0) is 23.9. The van der Waals surface area contributed by atoms with Gasteiger partial charge in [0.25, 0.3) is 11.6 Å². The van der Waals surface area contributed by atoms with Crippen LogP contribution in [0.5, 0.6) is 11.5 Å². The van der Waals surface area contributed by atoms with Gasteiger partial charge < -0.3 is 19.3 Å². The fourth-order valence-corrected chi connectivity index (χ4v) is 4.01. The molecule has 0 bridgehead atoms. The maximum absolute atomic E-state index is 12.8. The van der Waals surface area contributed by atoms with Crippen molar-refractivity contribution in [2.75, 3.05) is 44.8 Å². The van der Waals surface area contributed by atoms with Crippen molar-refractivity contribution in [1.29, 1.82) is 0 Å². The molecule has 1 saturated heterocycles. The molecule has 0 aliphatic carbocycles. The summed E-state index contributed by atoms with van der Waals surface area (Å²) in [5.41, 5.74) is 2.78. The van der Waals surface area contributed by atoms with E-state index in [0.717, 1.165) is 30.1 Å². The molecule has 0 aromatic heterocycles. The van der Waals surface area contributed by atoms with E-state index in [4.69, 9.17) is 9.47 Å². The van der Waals surface area contributed by atoms with Gasteiger partial charge in [0.15, 0.2) is 6.61 Å². The second-order valence-electron chi connectivity index (χ2n) is 8.07. The third kappa shape index (κ3) is 5.64. The third-order valence-electron chi connectivity index (χ3n) is 5.91. The largest absolute Gasteiger partial charge is 0.497 e. The number of methoxy groups -OCH3 is 1. The van der Waals surface area contributed by atoms with Crippen LogP contribution >= 0.6 is 0 Å². The number of hydrogen-bond acceptors (Lipinski definition) is 6. The van der Waals surface area contributed by atoms with E-state index in [1.54, 1.807) is 18.1 Å². The van der Waals surface area contributed by atoms with E-state index in [-0.39, 0.29) is 18.2 Å². The lowest BCUT2D eigenvalue weighted by atomic mass is 10.0. The van der Waals surface area contributed by atoms with Crippen molar-refractivity contribution < 1.29 is 19.2 Å². The van der Waals surface area contributed by atoms with Crippen molar-refractivity contribution >= 4 is 17.3 Å². The molecule has 1 heterocycles. The van der Waals surface area contributed by atoms with Crippen LogP contribution in [0.1, 0.15) is 11.1 Å². The second kappa shape index (κ2) is 10.7. The van der Waals surface area contributed by atoms with E-state index in [1.165, 1.54) is 12.1 Å². The van der Waals surface area contributed by atoms with Gasteiger partial charge in [-0.25, -0.2) is 0 Å². The monoisotopic (exact) mass is 461 g/mol. The van der Waals surface area contributed by atoms with Gasteiger partial charge >= 0.3 is 0 Å². The molecule has 176 valence electrons. The molecule has 3 aromatic carbocycles. The number of nitrogens with zero attached hydrogens (tertiary/aromatic N) is 3. The van der Waals surface area contributed by atoms with Gasteiger partial charge in [0, 0.05) is 56.0 Å². The summed E-state index contributed by atoms with van der Waals surface area (Å²) in [5, 5.41) is 11.2. The van der Waals surface area contributed by atoms with E-state index in [0.29, 0.717) is 30.8 Å². The van der Waals surface area contributed by atoms with Crippen molar-refractivity contribution in [3.63, 3.8) is 0 Å². The van der Waals surface area contributed by atoms with Gasteiger partial charge in [-0.1, -0.05) is 30.3 Å². The molecule has 0 radical (unpaired) electrons. The predicted octanol–water partition coefficient (Wildman–Crippen LogP) is 3.92. The van der Waals surface area contributed by atoms with Gasteiger partial charge in [0.1, 0.15) is 11.5 Å². The van der Waals surface area contributed by atoms with E-state index >= 15 is 0 Å². The minimum Gasteiger partial charge on any atom is -0.497 e. The van der Waals surface area contributed by atoms with Gasteiger partial charge in [0.2, 0.25) is 0 Å². The zero-order valence-corrected chi connectivity index (χ0v) is 19.1. The SMILES string of the molecule is COc1ccc(N2CCN(C(=O)COc3ccc([N+](=O)[O-])cc3Cc3ccccc3)CC2)cc1. The van der Waals surface area contributed by atoms with Crippen molar-refractivity contribution in [3.8, 4) is 11.5 Å². The van der Waals surface area contributed by atoms with Crippen molar-refractivity contribution in [3.05, 3.63) is 94.0 Å². The molecule has 3 aromatic rings. The van der Waals surface area contributed by atoms with Crippen LogP contribution in [0.4, 0.5) is 11.4 Å². The van der Waals surface area contributed by atoms with Gasteiger partial charge in [-0.2, -0.15) is 0 Å².